The van der Waals surface area contributed by atoms with Gasteiger partial charge in [0.2, 0.25) is 5.91 Å². The molecular weight excluding hydrogens is 280 g/mol. The van der Waals surface area contributed by atoms with E-state index in [1.54, 1.807) is 11.3 Å². The number of carbonyl (C=O) groups excluding carboxylic acids is 1. The minimum atomic E-state index is -0.175. The molecule has 4 heteroatoms. The zero-order valence-electron chi connectivity index (χ0n) is 12.5. The lowest BCUT2D eigenvalue weighted by molar-refractivity contribution is -0.117. The molecule has 1 aliphatic carbocycles. The molecule has 2 aromatic rings. The quantitative estimate of drug-likeness (QED) is 0.929. The molecular formula is C17H20N2OS. The summed E-state index contributed by atoms with van der Waals surface area (Å²) in [5, 5.41) is 3.72. The van der Waals surface area contributed by atoms with Crippen molar-refractivity contribution in [3.8, 4) is 0 Å². The summed E-state index contributed by atoms with van der Waals surface area (Å²) in [6, 6.07) is 10.2. The highest BCUT2D eigenvalue weighted by Crippen LogP contribution is 2.31. The number of nitrogens with zero attached hydrogens (tertiary/aromatic N) is 1. The van der Waals surface area contributed by atoms with Gasteiger partial charge in [-0.2, -0.15) is 0 Å². The van der Waals surface area contributed by atoms with Gasteiger partial charge in [-0.1, -0.05) is 44.2 Å². The highest BCUT2D eigenvalue weighted by atomic mass is 32.1. The van der Waals surface area contributed by atoms with Crippen LogP contribution in [0.15, 0.2) is 30.3 Å². The Labute approximate surface area is 129 Å². The van der Waals surface area contributed by atoms with Gasteiger partial charge in [0, 0.05) is 11.3 Å². The lowest BCUT2D eigenvalue weighted by atomic mass is 9.81. The van der Waals surface area contributed by atoms with Crippen LogP contribution in [0.3, 0.4) is 0 Å². The molecule has 0 radical (unpaired) electrons. The second-order valence-corrected chi connectivity index (χ2v) is 7.30. The van der Waals surface area contributed by atoms with E-state index < -0.39 is 0 Å². The van der Waals surface area contributed by atoms with Crippen molar-refractivity contribution >= 4 is 22.4 Å². The zero-order chi connectivity index (χ0) is 14.9. The van der Waals surface area contributed by atoms with Crippen LogP contribution in [0.25, 0.3) is 0 Å². The Kier molecular flexibility index (Phi) is 3.81. The maximum absolute atomic E-state index is 12.3. The number of hydrogen-bond acceptors (Lipinski definition) is 3. The summed E-state index contributed by atoms with van der Waals surface area (Å²) in [6.45, 7) is 4.20. The van der Waals surface area contributed by atoms with E-state index in [2.05, 4.69) is 36.3 Å². The van der Waals surface area contributed by atoms with Crippen LogP contribution in [-0.2, 0) is 23.1 Å². The molecule has 21 heavy (non-hydrogen) atoms. The number of nitrogens with one attached hydrogen (secondary N) is 1. The highest BCUT2D eigenvalue weighted by Gasteiger charge is 2.25. The molecule has 1 N–H and O–H groups in total. The maximum atomic E-state index is 12.3. The smallest absolute Gasteiger partial charge is 0.227 e. The molecule has 0 bridgehead atoms. The summed E-state index contributed by atoms with van der Waals surface area (Å²) in [7, 11) is 0. The lowest BCUT2D eigenvalue weighted by Crippen LogP contribution is -2.25. The van der Waals surface area contributed by atoms with Crippen molar-refractivity contribution in [1.82, 2.24) is 4.98 Å². The first-order valence-corrected chi connectivity index (χ1v) is 8.20. The number of rotatable bonds is 4. The molecule has 1 aliphatic rings. The van der Waals surface area contributed by atoms with Gasteiger partial charge in [0.25, 0.3) is 0 Å². The molecule has 1 aromatic heterocycles. The van der Waals surface area contributed by atoms with E-state index in [-0.39, 0.29) is 11.3 Å². The van der Waals surface area contributed by atoms with Gasteiger partial charge in [0.15, 0.2) is 5.13 Å². The van der Waals surface area contributed by atoms with Crippen LogP contribution in [0.1, 0.15) is 42.8 Å². The van der Waals surface area contributed by atoms with Crippen molar-refractivity contribution < 1.29 is 4.79 Å². The van der Waals surface area contributed by atoms with Gasteiger partial charge in [0.1, 0.15) is 0 Å². The average Bonchev–Trinajstić information content (AvgIpc) is 3.00. The second kappa shape index (κ2) is 5.60. The first kappa shape index (κ1) is 14.3. The van der Waals surface area contributed by atoms with Crippen molar-refractivity contribution in [2.45, 2.75) is 44.9 Å². The Morgan fingerprint density at radius 1 is 1.29 bits per heavy atom. The Balaban J connectivity index is 1.65. The number of aromatic nitrogens is 1. The fourth-order valence-corrected chi connectivity index (χ4v) is 3.87. The Hall–Kier alpha value is -1.68. The number of aryl methyl sites for hydroxylation is 2. The summed E-state index contributed by atoms with van der Waals surface area (Å²) >= 11 is 1.63. The minimum absolute atomic E-state index is 0.0382. The Morgan fingerprint density at radius 3 is 2.76 bits per heavy atom. The summed E-state index contributed by atoms with van der Waals surface area (Å²) in [6.07, 6.45) is 3.82. The third kappa shape index (κ3) is 3.16. The first-order chi connectivity index (χ1) is 10.0. The third-order valence-corrected chi connectivity index (χ3v) is 5.07. The van der Waals surface area contributed by atoms with Crippen LogP contribution in [0.2, 0.25) is 0 Å². The van der Waals surface area contributed by atoms with E-state index in [0.29, 0.717) is 6.42 Å². The van der Waals surface area contributed by atoms with Crippen LogP contribution in [0, 0.1) is 0 Å². The summed E-state index contributed by atoms with van der Waals surface area (Å²) in [4.78, 5) is 18.1. The molecule has 0 atom stereocenters. The van der Waals surface area contributed by atoms with Crippen LogP contribution in [0.5, 0.6) is 0 Å². The van der Waals surface area contributed by atoms with Crippen molar-refractivity contribution in [3.63, 3.8) is 0 Å². The van der Waals surface area contributed by atoms with E-state index >= 15 is 0 Å². The number of amides is 1. The monoisotopic (exact) mass is 300 g/mol. The van der Waals surface area contributed by atoms with Gasteiger partial charge in [0.05, 0.1) is 5.69 Å². The van der Waals surface area contributed by atoms with E-state index in [4.69, 9.17) is 0 Å². The number of thiazole rings is 1. The number of hydrogen-bond donors (Lipinski definition) is 1. The van der Waals surface area contributed by atoms with E-state index in [1.807, 2.05) is 18.2 Å². The zero-order valence-corrected chi connectivity index (χ0v) is 13.3. The predicted octanol–water partition coefficient (Wildman–Crippen LogP) is 3.94. The van der Waals surface area contributed by atoms with Crippen molar-refractivity contribution in [3.05, 3.63) is 46.5 Å². The topological polar surface area (TPSA) is 42.0 Å². The summed E-state index contributed by atoms with van der Waals surface area (Å²) in [5.41, 5.74) is 2.19. The molecule has 0 saturated heterocycles. The van der Waals surface area contributed by atoms with Crippen LogP contribution in [0.4, 0.5) is 5.13 Å². The average molecular weight is 300 g/mol. The molecule has 0 aliphatic heterocycles. The van der Waals surface area contributed by atoms with Crippen molar-refractivity contribution in [1.29, 1.82) is 0 Å². The van der Waals surface area contributed by atoms with Gasteiger partial charge < -0.3 is 5.32 Å². The van der Waals surface area contributed by atoms with Gasteiger partial charge in [-0.05, 0) is 30.2 Å². The fourth-order valence-electron chi connectivity index (χ4n) is 2.80. The van der Waals surface area contributed by atoms with E-state index in [0.717, 1.165) is 18.0 Å². The third-order valence-electron chi connectivity index (χ3n) is 4.00. The normalized spacial score (nSPS) is 14.0. The van der Waals surface area contributed by atoms with E-state index in [1.165, 1.54) is 22.6 Å². The minimum Gasteiger partial charge on any atom is -0.302 e. The molecule has 0 fully saturated rings. The molecule has 1 heterocycles. The SMILES string of the molecule is CC(C)(CC(=O)Nc1nc2c(s1)CCC2)c1ccccc1. The predicted molar refractivity (Wildman–Crippen MR) is 86.9 cm³/mol. The van der Waals surface area contributed by atoms with Crippen LogP contribution in [-0.4, -0.2) is 10.9 Å². The number of carbonyl (C=O) groups is 1. The number of benzene rings is 1. The molecule has 1 amide bonds. The van der Waals surface area contributed by atoms with Gasteiger partial charge in [-0.15, -0.1) is 11.3 Å². The van der Waals surface area contributed by atoms with Crippen LogP contribution < -0.4 is 5.32 Å². The van der Waals surface area contributed by atoms with Crippen LogP contribution >= 0.6 is 11.3 Å². The number of anilines is 1. The molecule has 0 saturated carbocycles. The van der Waals surface area contributed by atoms with Crippen molar-refractivity contribution in [2.24, 2.45) is 0 Å². The fraction of sp³-hybridized carbons (Fsp3) is 0.412. The first-order valence-electron chi connectivity index (χ1n) is 7.38. The number of fused-ring (bicyclic) bond motifs is 1. The maximum Gasteiger partial charge on any atom is 0.227 e. The standard InChI is InChI=1S/C17H20N2OS/c1-17(2,12-7-4-3-5-8-12)11-15(20)19-16-18-13-9-6-10-14(13)21-16/h3-5,7-8H,6,9-11H2,1-2H3,(H,18,19,20). The molecule has 3 rings (SSSR count). The second-order valence-electron chi connectivity index (χ2n) is 6.22. The Morgan fingerprint density at radius 2 is 2.05 bits per heavy atom. The summed E-state index contributed by atoms with van der Waals surface area (Å²) in [5.74, 6) is 0.0382. The van der Waals surface area contributed by atoms with Gasteiger partial charge in [-0.25, -0.2) is 4.98 Å². The largest absolute Gasteiger partial charge is 0.302 e. The van der Waals surface area contributed by atoms with Crippen molar-refractivity contribution in [2.75, 3.05) is 5.32 Å². The summed E-state index contributed by atoms with van der Waals surface area (Å²) < 4.78 is 0. The van der Waals surface area contributed by atoms with Gasteiger partial charge >= 0.3 is 0 Å². The highest BCUT2D eigenvalue weighted by molar-refractivity contribution is 7.15. The molecule has 0 unspecified atom stereocenters. The molecule has 3 nitrogen and oxygen atoms in total. The molecule has 110 valence electrons. The molecule has 1 aromatic carbocycles. The van der Waals surface area contributed by atoms with Gasteiger partial charge in [-0.3, -0.25) is 4.79 Å². The lowest BCUT2D eigenvalue weighted by Gasteiger charge is -2.24. The Bertz CT molecular complexity index is 625. The molecule has 0 spiro atoms. The van der Waals surface area contributed by atoms with E-state index in [9.17, 15) is 4.79 Å².